The average molecular weight is 263 g/mol. The van der Waals surface area contributed by atoms with E-state index in [1.165, 1.54) is 12.8 Å². The van der Waals surface area contributed by atoms with Crippen molar-refractivity contribution in [1.29, 1.82) is 0 Å². The topological polar surface area (TPSA) is 32.3 Å². The van der Waals surface area contributed by atoms with Gasteiger partial charge in [-0.25, -0.2) is 0 Å². The summed E-state index contributed by atoms with van der Waals surface area (Å²) >= 11 is 0. The van der Waals surface area contributed by atoms with E-state index in [-0.39, 0.29) is 6.04 Å². The van der Waals surface area contributed by atoms with E-state index in [1.54, 1.807) is 6.07 Å². The van der Waals surface area contributed by atoms with Crippen LogP contribution in [0, 0.1) is 11.8 Å². The monoisotopic (exact) mass is 263 g/mol. The molecule has 1 unspecified atom stereocenters. The minimum atomic E-state index is 0.273. The third-order valence-electron chi connectivity index (χ3n) is 3.37. The van der Waals surface area contributed by atoms with E-state index in [4.69, 9.17) is 0 Å². The van der Waals surface area contributed by atoms with Gasteiger partial charge in [-0.15, -0.1) is 0 Å². The van der Waals surface area contributed by atoms with Crippen molar-refractivity contribution in [2.45, 2.75) is 59.5 Å². The SMILES string of the molecule is CC(C)CC(CC(C)C)NC(C)c1cccc(O)c1. The minimum Gasteiger partial charge on any atom is -0.508 e. The Morgan fingerprint density at radius 3 is 2.05 bits per heavy atom. The first-order valence-electron chi connectivity index (χ1n) is 7.43. The Kier molecular flexibility index (Phi) is 6.36. The maximum Gasteiger partial charge on any atom is 0.115 e. The van der Waals surface area contributed by atoms with Crippen LogP contribution in [0.3, 0.4) is 0 Å². The molecule has 0 aliphatic carbocycles. The van der Waals surface area contributed by atoms with E-state index in [0.29, 0.717) is 23.6 Å². The van der Waals surface area contributed by atoms with E-state index < -0.39 is 0 Å². The zero-order valence-electron chi connectivity index (χ0n) is 13.0. The molecule has 0 bridgehead atoms. The summed E-state index contributed by atoms with van der Waals surface area (Å²) in [4.78, 5) is 0. The molecule has 108 valence electrons. The van der Waals surface area contributed by atoms with Crippen molar-refractivity contribution in [3.05, 3.63) is 29.8 Å². The van der Waals surface area contributed by atoms with Crippen LogP contribution >= 0.6 is 0 Å². The molecule has 2 N–H and O–H groups in total. The van der Waals surface area contributed by atoms with Gasteiger partial charge in [0.1, 0.15) is 5.75 Å². The highest BCUT2D eigenvalue weighted by molar-refractivity contribution is 5.29. The zero-order valence-corrected chi connectivity index (χ0v) is 13.0. The van der Waals surface area contributed by atoms with Gasteiger partial charge in [-0.05, 0) is 49.3 Å². The van der Waals surface area contributed by atoms with Gasteiger partial charge in [-0.1, -0.05) is 39.8 Å². The van der Waals surface area contributed by atoms with Crippen molar-refractivity contribution in [1.82, 2.24) is 5.32 Å². The Labute approximate surface area is 118 Å². The van der Waals surface area contributed by atoms with Crippen molar-refractivity contribution >= 4 is 0 Å². The fraction of sp³-hybridized carbons (Fsp3) is 0.647. The Bertz CT molecular complexity index is 363. The second kappa shape index (κ2) is 7.54. The van der Waals surface area contributed by atoms with Gasteiger partial charge in [0.2, 0.25) is 0 Å². The fourth-order valence-corrected chi connectivity index (χ4v) is 2.61. The number of phenols is 1. The lowest BCUT2D eigenvalue weighted by Crippen LogP contribution is -2.33. The van der Waals surface area contributed by atoms with Crippen LogP contribution in [-0.2, 0) is 0 Å². The lowest BCUT2D eigenvalue weighted by Gasteiger charge is -2.26. The van der Waals surface area contributed by atoms with Crippen LogP contribution in [0.4, 0.5) is 0 Å². The Morgan fingerprint density at radius 1 is 1.00 bits per heavy atom. The van der Waals surface area contributed by atoms with E-state index in [1.807, 2.05) is 12.1 Å². The van der Waals surface area contributed by atoms with Crippen LogP contribution < -0.4 is 5.32 Å². The van der Waals surface area contributed by atoms with Crippen LogP contribution in [0.15, 0.2) is 24.3 Å². The highest BCUT2D eigenvalue weighted by Gasteiger charge is 2.16. The van der Waals surface area contributed by atoms with E-state index in [0.717, 1.165) is 5.56 Å². The number of hydrogen-bond donors (Lipinski definition) is 2. The number of phenolic OH excluding ortho intramolecular Hbond substituents is 1. The molecule has 0 aliphatic heterocycles. The molecule has 1 aromatic rings. The van der Waals surface area contributed by atoms with Crippen molar-refractivity contribution in [2.24, 2.45) is 11.8 Å². The first-order chi connectivity index (χ1) is 8.88. The summed E-state index contributed by atoms with van der Waals surface area (Å²) in [7, 11) is 0. The van der Waals surface area contributed by atoms with Gasteiger partial charge in [0.15, 0.2) is 0 Å². The summed E-state index contributed by atoms with van der Waals surface area (Å²) in [5.74, 6) is 1.75. The van der Waals surface area contributed by atoms with Crippen molar-refractivity contribution < 1.29 is 5.11 Å². The number of hydrogen-bond acceptors (Lipinski definition) is 2. The molecule has 19 heavy (non-hydrogen) atoms. The summed E-state index contributed by atoms with van der Waals surface area (Å²) in [5, 5.41) is 13.3. The Morgan fingerprint density at radius 2 is 1.58 bits per heavy atom. The maximum absolute atomic E-state index is 9.56. The predicted octanol–water partition coefficient (Wildman–Crippen LogP) is 4.50. The molecule has 1 aromatic carbocycles. The summed E-state index contributed by atoms with van der Waals surface area (Å²) in [5.41, 5.74) is 1.15. The lowest BCUT2D eigenvalue weighted by molar-refractivity contribution is 0.335. The molecule has 1 atom stereocenters. The highest BCUT2D eigenvalue weighted by Crippen LogP contribution is 2.21. The molecular formula is C17H29NO. The number of benzene rings is 1. The molecule has 0 fully saturated rings. The Hall–Kier alpha value is -1.02. The van der Waals surface area contributed by atoms with Gasteiger partial charge in [0.25, 0.3) is 0 Å². The van der Waals surface area contributed by atoms with Crippen LogP contribution in [0.25, 0.3) is 0 Å². The molecule has 0 radical (unpaired) electrons. The normalized spacial score (nSPS) is 13.5. The number of aromatic hydroxyl groups is 1. The van der Waals surface area contributed by atoms with E-state index in [9.17, 15) is 5.11 Å². The summed E-state index contributed by atoms with van der Waals surface area (Å²) in [6.45, 7) is 11.3. The number of rotatable bonds is 7. The van der Waals surface area contributed by atoms with Crippen LogP contribution in [0.5, 0.6) is 5.75 Å². The second-order valence-corrected chi connectivity index (χ2v) is 6.44. The van der Waals surface area contributed by atoms with Gasteiger partial charge in [-0.3, -0.25) is 0 Å². The predicted molar refractivity (Wildman–Crippen MR) is 82.4 cm³/mol. The average Bonchev–Trinajstić information content (AvgIpc) is 2.26. The quantitative estimate of drug-likeness (QED) is 0.759. The van der Waals surface area contributed by atoms with E-state index in [2.05, 4.69) is 46.0 Å². The standard InChI is InChI=1S/C17H29NO/c1-12(2)9-16(10-13(3)4)18-14(5)15-7-6-8-17(19)11-15/h6-8,11-14,16,18-19H,9-10H2,1-5H3. The van der Waals surface area contributed by atoms with Crippen LogP contribution in [0.1, 0.15) is 59.1 Å². The fourth-order valence-electron chi connectivity index (χ4n) is 2.61. The molecule has 0 amide bonds. The van der Waals surface area contributed by atoms with E-state index >= 15 is 0 Å². The van der Waals surface area contributed by atoms with Gasteiger partial charge >= 0.3 is 0 Å². The molecule has 2 nitrogen and oxygen atoms in total. The summed E-state index contributed by atoms with van der Waals surface area (Å²) < 4.78 is 0. The minimum absolute atomic E-state index is 0.273. The molecule has 0 saturated carbocycles. The van der Waals surface area contributed by atoms with Crippen molar-refractivity contribution in [3.63, 3.8) is 0 Å². The lowest BCUT2D eigenvalue weighted by atomic mass is 9.94. The third-order valence-corrected chi connectivity index (χ3v) is 3.37. The summed E-state index contributed by atoms with van der Waals surface area (Å²) in [6, 6.07) is 8.35. The molecule has 0 aromatic heterocycles. The number of nitrogens with one attached hydrogen (secondary N) is 1. The molecule has 1 rings (SSSR count). The van der Waals surface area contributed by atoms with Crippen molar-refractivity contribution in [3.8, 4) is 5.75 Å². The molecular weight excluding hydrogens is 234 g/mol. The molecule has 0 spiro atoms. The van der Waals surface area contributed by atoms with Gasteiger partial charge in [0, 0.05) is 12.1 Å². The second-order valence-electron chi connectivity index (χ2n) is 6.44. The first kappa shape index (κ1) is 16.0. The molecule has 0 aliphatic rings. The molecule has 0 saturated heterocycles. The van der Waals surface area contributed by atoms with Gasteiger partial charge in [0.05, 0.1) is 0 Å². The van der Waals surface area contributed by atoms with Crippen molar-refractivity contribution in [2.75, 3.05) is 0 Å². The summed E-state index contributed by atoms with van der Waals surface area (Å²) in [6.07, 6.45) is 2.39. The Balaban J connectivity index is 2.66. The van der Waals surface area contributed by atoms with Crippen LogP contribution in [-0.4, -0.2) is 11.1 Å². The zero-order chi connectivity index (χ0) is 14.4. The highest BCUT2D eigenvalue weighted by atomic mass is 16.3. The van der Waals surface area contributed by atoms with Crippen LogP contribution in [0.2, 0.25) is 0 Å². The van der Waals surface area contributed by atoms with Gasteiger partial charge < -0.3 is 10.4 Å². The third kappa shape index (κ3) is 6.11. The largest absolute Gasteiger partial charge is 0.508 e. The van der Waals surface area contributed by atoms with Gasteiger partial charge in [-0.2, -0.15) is 0 Å². The smallest absolute Gasteiger partial charge is 0.115 e. The first-order valence-corrected chi connectivity index (χ1v) is 7.43. The molecule has 2 heteroatoms. The molecule has 0 heterocycles. The maximum atomic E-state index is 9.56.